The van der Waals surface area contributed by atoms with E-state index in [9.17, 15) is 0 Å². The van der Waals surface area contributed by atoms with Crippen LogP contribution in [0.2, 0.25) is 0 Å². The van der Waals surface area contributed by atoms with Crippen LogP contribution in [-0.2, 0) is 0 Å². The molecule has 57 heavy (non-hydrogen) atoms. The topological polar surface area (TPSA) is 34.6 Å². The van der Waals surface area contributed by atoms with E-state index >= 15 is 0 Å². The minimum absolute atomic E-state index is 0.484. The molecule has 0 saturated carbocycles. The maximum atomic E-state index is 5.31. The molecule has 0 N–H and O–H groups in total. The third-order valence-electron chi connectivity index (χ3n) is 10.9. The summed E-state index contributed by atoms with van der Waals surface area (Å²) in [5.74, 6) is 0. The predicted octanol–water partition coefficient (Wildman–Crippen LogP) is 14.1. The summed E-state index contributed by atoms with van der Waals surface area (Å²) < 4.78 is 7.53. The number of fused-ring (bicyclic) bond motifs is 12. The zero-order valence-corrected chi connectivity index (χ0v) is 32.4. The molecule has 0 saturated heterocycles. The fourth-order valence-electron chi connectivity index (χ4n) is 8.61. The predicted molar refractivity (Wildman–Crippen MR) is 247 cm³/mol. The van der Waals surface area contributed by atoms with Gasteiger partial charge in [-0.05, 0) is 67.7 Å². The van der Waals surface area contributed by atoms with Gasteiger partial charge in [0.15, 0.2) is 0 Å². The molecule has 0 aliphatic carbocycles. The van der Waals surface area contributed by atoms with Crippen LogP contribution < -0.4 is 0 Å². The standard InChI is InChI=1S/C52H38N4S/c1-4-18-34(19-5-2)33-54-49(35-20-8-6-9-21-35)41-32-37(30-31-42(41)53-3)56-43-27-15-12-24-38(43)46-47-40-26-14-17-29-45(40)57-52(47)48-39-25-13-16-28-44(39)55(51(48)50(46)56)36-22-10-7-11-23-36/h4-32H,1,3,33H2,2H3/b19-5-,34-18+,54-49?. The summed E-state index contributed by atoms with van der Waals surface area (Å²) >= 11 is 1.89. The van der Waals surface area contributed by atoms with E-state index in [-0.39, 0.29) is 0 Å². The van der Waals surface area contributed by atoms with Crippen LogP contribution in [0.4, 0.5) is 5.69 Å². The van der Waals surface area contributed by atoms with Gasteiger partial charge >= 0.3 is 0 Å². The van der Waals surface area contributed by atoms with Crippen molar-refractivity contribution in [3.05, 3.63) is 199 Å². The first-order valence-electron chi connectivity index (χ1n) is 19.2. The van der Waals surface area contributed by atoms with Crippen LogP contribution in [-0.4, -0.2) is 28.1 Å². The van der Waals surface area contributed by atoms with Crippen LogP contribution in [0.1, 0.15) is 18.1 Å². The maximum absolute atomic E-state index is 5.31. The van der Waals surface area contributed by atoms with E-state index in [1.165, 1.54) is 52.8 Å². The first kappa shape index (κ1) is 34.4. The lowest BCUT2D eigenvalue weighted by Gasteiger charge is -2.16. The minimum atomic E-state index is 0.484. The number of para-hydroxylation sites is 3. The molecule has 0 bridgehead atoms. The summed E-state index contributed by atoms with van der Waals surface area (Å²) in [5, 5.41) is 7.54. The van der Waals surface area contributed by atoms with Gasteiger partial charge in [-0.3, -0.25) is 9.98 Å². The van der Waals surface area contributed by atoms with Gasteiger partial charge in [0.2, 0.25) is 0 Å². The van der Waals surface area contributed by atoms with Crippen LogP contribution >= 0.6 is 11.3 Å². The van der Waals surface area contributed by atoms with Crippen LogP contribution in [0.3, 0.4) is 0 Å². The lowest BCUT2D eigenvalue weighted by Crippen LogP contribution is -2.07. The average molecular weight is 751 g/mol. The van der Waals surface area contributed by atoms with Crippen molar-refractivity contribution in [1.82, 2.24) is 9.13 Å². The van der Waals surface area contributed by atoms with Crippen molar-refractivity contribution in [1.29, 1.82) is 0 Å². The molecule has 3 heterocycles. The van der Waals surface area contributed by atoms with Gasteiger partial charge in [-0.2, -0.15) is 0 Å². The molecule has 10 aromatic rings. The molecular weight excluding hydrogens is 713 g/mol. The lowest BCUT2D eigenvalue weighted by molar-refractivity contribution is 1.15. The smallest absolute Gasteiger partial charge is 0.0803 e. The van der Waals surface area contributed by atoms with Crippen molar-refractivity contribution < 1.29 is 0 Å². The van der Waals surface area contributed by atoms with Crippen LogP contribution in [0.5, 0.6) is 0 Å². The third-order valence-corrected chi connectivity index (χ3v) is 12.1. The largest absolute Gasteiger partial charge is 0.307 e. The summed E-state index contributed by atoms with van der Waals surface area (Å²) in [5.41, 5.74) is 11.4. The highest BCUT2D eigenvalue weighted by Crippen LogP contribution is 2.51. The van der Waals surface area contributed by atoms with E-state index in [0.717, 1.165) is 50.5 Å². The number of hydrogen-bond donors (Lipinski definition) is 0. The van der Waals surface area contributed by atoms with Gasteiger partial charge in [0.1, 0.15) is 0 Å². The summed E-state index contributed by atoms with van der Waals surface area (Å²) in [6, 6.07) is 54.3. The van der Waals surface area contributed by atoms with E-state index in [0.29, 0.717) is 6.54 Å². The summed E-state index contributed by atoms with van der Waals surface area (Å²) in [4.78, 5) is 9.88. The second-order valence-electron chi connectivity index (χ2n) is 14.2. The number of rotatable bonds is 9. The Balaban J connectivity index is 1.39. The van der Waals surface area contributed by atoms with Crippen LogP contribution in [0.25, 0.3) is 75.2 Å². The molecule has 272 valence electrons. The molecule has 0 aliphatic heterocycles. The molecule has 0 radical (unpaired) electrons. The van der Waals surface area contributed by atoms with Crippen LogP contribution in [0, 0.1) is 0 Å². The SMILES string of the molecule is C=C/C=C(\C=C/C)CN=C(c1ccccc1)c1cc(-n2c3ccccc3c3c4c5ccccc5sc4c4c5ccccc5n(-c5ccccc5)c4c32)ccc1N=C. The Labute approximate surface area is 335 Å². The Kier molecular flexibility index (Phi) is 8.58. The fourth-order valence-corrected chi connectivity index (χ4v) is 9.88. The summed E-state index contributed by atoms with van der Waals surface area (Å²) in [6.07, 6.45) is 7.95. The van der Waals surface area contributed by atoms with Crippen molar-refractivity contribution in [2.45, 2.75) is 6.92 Å². The number of hydrogen-bond acceptors (Lipinski definition) is 3. The van der Waals surface area contributed by atoms with Gasteiger partial charge in [-0.1, -0.05) is 134 Å². The monoisotopic (exact) mass is 750 g/mol. The molecule has 0 fully saturated rings. The molecule has 0 unspecified atom stereocenters. The molecule has 3 aromatic heterocycles. The van der Waals surface area contributed by atoms with Gasteiger partial charge in [-0.15, -0.1) is 11.3 Å². The molecule has 7 aromatic carbocycles. The van der Waals surface area contributed by atoms with Gasteiger partial charge in [0.25, 0.3) is 0 Å². The Bertz CT molecular complexity index is 3300. The highest BCUT2D eigenvalue weighted by atomic mass is 32.1. The number of thiophene rings is 1. The molecule has 0 atom stereocenters. The maximum Gasteiger partial charge on any atom is 0.0803 e. The van der Waals surface area contributed by atoms with Gasteiger partial charge < -0.3 is 9.13 Å². The molecule has 0 amide bonds. The molecular formula is C52H38N4S. The Morgan fingerprint density at radius 2 is 1.26 bits per heavy atom. The van der Waals surface area contributed by atoms with Crippen LogP contribution in [0.15, 0.2) is 198 Å². The number of aromatic nitrogens is 2. The quantitative estimate of drug-likeness (QED) is 0.104. The highest BCUT2D eigenvalue weighted by Gasteiger charge is 2.27. The van der Waals surface area contributed by atoms with Crippen molar-refractivity contribution in [3.63, 3.8) is 0 Å². The number of benzene rings is 7. The van der Waals surface area contributed by atoms with Crippen molar-refractivity contribution in [2.24, 2.45) is 9.98 Å². The Hall–Kier alpha value is -7.08. The Morgan fingerprint density at radius 1 is 0.649 bits per heavy atom. The van der Waals surface area contributed by atoms with Crippen molar-refractivity contribution >= 4 is 93.2 Å². The second-order valence-corrected chi connectivity index (χ2v) is 15.2. The number of allylic oxidation sites excluding steroid dienone is 3. The zero-order chi connectivity index (χ0) is 38.5. The zero-order valence-electron chi connectivity index (χ0n) is 31.6. The Morgan fingerprint density at radius 3 is 1.96 bits per heavy atom. The van der Waals surface area contributed by atoms with E-state index < -0.39 is 0 Å². The molecule has 0 spiro atoms. The van der Waals surface area contributed by atoms with Gasteiger partial charge in [0, 0.05) is 64.2 Å². The van der Waals surface area contributed by atoms with Crippen molar-refractivity contribution in [3.8, 4) is 11.4 Å². The summed E-state index contributed by atoms with van der Waals surface area (Å²) in [6.45, 7) is 10.5. The van der Waals surface area contributed by atoms with Crippen molar-refractivity contribution in [2.75, 3.05) is 6.54 Å². The molecule has 0 aliphatic rings. The molecule has 10 rings (SSSR count). The normalized spacial score (nSPS) is 12.6. The lowest BCUT2D eigenvalue weighted by atomic mass is 9.99. The van der Waals surface area contributed by atoms with E-state index in [1.54, 1.807) is 0 Å². The van der Waals surface area contributed by atoms with E-state index in [4.69, 9.17) is 4.99 Å². The second kappa shape index (κ2) is 14.2. The first-order chi connectivity index (χ1) is 28.2. The number of aliphatic imine (C=N–C) groups is 2. The summed E-state index contributed by atoms with van der Waals surface area (Å²) in [7, 11) is 0. The highest BCUT2D eigenvalue weighted by molar-refractivity contribution is 7.27. The minimum Gasteiger partial charge on any atom is -0.307 e. The number of nitrogens with zero attached hydrogens (tertiary/aromatic N) is 4. The van der Waals surface area contributed by atoms with Gasteiger partial charge in [-0.25, -0.2) is 0 Å². The van der Waals surface area contributed by atoms with Gasteiger partial charge in [0.05, 0.1) is 40.0 Å². The van der Waals surface area contributed by atoms with E-state index in [2.05, 4.69) is 179 Å². The molecule has 4 nitrogen and oxygen atoms in total. The molecule has 5 heteroatoms. The van der Waals surface area contributed by atoms with E-state index in [1.807, 2.05) is 42.6 Å². The third kappa shape index (κ3) is 5.50. The average Bonchev–Trinajstić information content (AvgIpc) is 3.93. The fraction of sp³-hybridized carbons (Fsp3) is 0.0385. The first-order valence-corrected chi connectivity index (χ1v) is 20.0.